The summed E-state index contributed by atoms with van der Waals surface area (Å²) < 4.78 is 14.2. The lowest BCUT2D eigenvalue weighted by atomic mass is 10.1. The average Bonchev–Trinajstić information content (AvgIpc) is 2.17. The number of halogens is 2. The summed E-state index contributed by atoms with van der Waals surface area (Å²) in [5.74, 6) is 0.542. The van der Waals surface area contributed by atoms with Gasteiger partial charge in [0.1, 0.15) is 5.82 Å². The van der Waals surface area contributed by atoms with E-state index in [0.29, 0.717) is 18.0 Å². The molecule has 0 saturated carbocycles. The van der Waals surface area contributed by atoms with Gasteiger partial charge >= 0.3 is 0 Å². The zero-order valence-corrected chi connectivity index (χ0v) is 10.8. The van der Waals surface area contributed by atoms with E-state index >= 15 is 0 Å². The Morgan fingerprint density at radius 3 is 2.80 bits per heavy atom. The van der Waals surface area contributed by atoms with Crippen LogP contribution < -0.4 is 5.32 Å². The lowest BCUT2D eigenvalue weighted by molar-refractivity contribution is 0.527. The van der Waals surface area contributed by atoms with Crippen LogP contribution >= 0.6 is 15.9 Å². The van der Waals surface area contributed by atoms with E-state index in [9.17, 15) is 4.39 Å². The Morgan fingerprint density at radius 2 is 2.13 bits per heavy atom. The van der Waals surface area contributed by atoms with Crippen molar-refractivity contribution in [3.05, 3.63) is 34.1 Å². The van der Waals surface area contributed by atoms with Crippen LogP contribution in [-0.4, -0.2) is 6.54 Å². The summed E-state index contributed by atoms with van der Waals surface area (Å²) in [6.07, 6.45) is 1.12. The van der Waals surface area contributed by atoms with Gasteiger partial charge in [-0.1, -0.05) is 29.8 Å². The molecule has 1 aromatic carbocycles. The molecule has 0 heterocycles. The van der Waals surface area contributed by atoms with Gasteiger partial charge in [-0.05, 0) is 37.1 Å². The van der Waals surface area contributed by atoms with Crippen molar-refractivity contribution in [1.29, 1.82) is 0 Å². The summed E-state index contributed by atoms with van der Waals surface area (Å²) in [5.41, 5.74) is 0.716. The van der Waals surface area contributed by atoms with Gasteiger partial charge in [-0.2, -0.15) is 0 Å². The van der Waals surface area contributed by atoms with Crippen molar-refractivity contribution in [2.45, 2.75) is 26.8 Å². The Hall–Kier alpha value is -0.410. The predicted molar refractivity (Wildman–Crippen MR) is 65.3 cm³/mol. The number of hydrogen-bond donors (Lipinski definition) is 1. The van der Waals surface area contributed by atoms with Gasteiger partial charge in [0.25, 0.3) is 0 Å². The Balaban J connectivity index is 2.40. The fourth-order valence-corrected chi connectivity index (χ4v) is 1.70. The van der Waals surface area contributed by atoms with Crippen LogP contribution in [0.3, 0.4) is 0 Å². The van der Waals surface area contributed by atoms with Crippen LogP contribution in [0.2, 0.25) is 0 Å². The van der Waals surface area contributed by atoms with Gasteiger partial charge in [-0.15, -0.1) is 0 Å². The SMILES string of the molecule is CC(C)CCNCc1cc(Br)ccc1F. The first kappa shape index (κ1) is 12.7. The molecule has 1 aromatic rings. The minimum atomic E-state index is -0.143. The van der Waals surface area contributed by atoms with E-state index in [2.05, 4.69) is 35.1 Å². The highest BCUT2D eigenvalue weighted by Gasteiger charge is 2.02. The molecule has 0 aliphatic rings. The van der Waals surface area contributed by atoms with E-state index < -0.39 is 0 Å². The van der Waals surface area contributed by atoms with Crippen LogP contribution in [0.25, 0.3) is 0 Å². The third-order valence-corrected chi connectivity index (χ3v) is 2.71. The highest BCUT2D eigenvalue weighted by Crippen LogP contribution is 2.15. The first-order valence-electron chi connectivity index (χ1n) is 5.24. The monoisotopic (exact) mass is 273 g/mol. The molecule has 0 atom stereocenters. The standard InChI is InChI=1S/C12H17BrFN/c1-9(2)5-6-15-8-10-7-11(13)3-4-12(10)14/h3-4,7,9,15H,5-6,8H2,1-2H3. The minimum absolute atomic E-state index is 0.143. The van der Waals surface area contributed by atoms with E-state index in [1.54, 1.807) is 6.07 Å². The molecule has 15 heavy (non-hydrogen) atoms. The zero-order valence-electron chi connectivity index (χ0n) is 9.19. The van der Waals surface area contributed by atoms with E-state index in [-0.39, 0.29) is 5.82 Å². The molecule has 0 aliphatic heterocycles. The Bertz CT molecular complexity index is 312. The molecule has 0 unspecified atom stereocenters. The second kappa shape index (κ2) is 6.23. The van der Waals surface area contributed by atoms with Gasteiger partial charge in [-0.25, -0.2) is 4.39 Å². The quantitative estimate of drug-likeness (QED) is 0.807. The molecule has 0 amide bonds. The van der Waals surface area contributed by atoms with Gasteiger partial charge in [0.15, 0.2) is 0 Å². The maximum absolute atomic E-state index is 13.3. The molecule has 0 saturated heterocycles. The average molecular weight is 274 g/mol. The molecule has 0 bridgehead atoms. The van der Waals surface area contributed by atoms with E-state index in [1.807, 2.05) is 6.07 Å². The topological polar surface area (TPSA) is 12.0 Å². The van der Waals surface area contributed by atoms with Crippen molar-refractivity contribution in [3.8, 4) is 0 Å². The molecular formula is C12H17BrFN. The van der Waals surface area contributed by atoms with Crippen LogP contribution in [0.15, 0.2) is 22.7 Å². The second-order valence-corrected chi connectivity index (χ2v) is 5.01. The summed E-state index contributed by atoms with van der Waals surface area (Å²) in [6, 6.07) is 5.02. The van der Waals surface area contributed by atoms with Gasteiger partial charge in [-0.3, -0.25) is 0 Å². The summed E-state index contributed by atoms with van der Waals surface area (Å²) >= 11 is 3.33. The zero-order chi connectivity index (χ0) is 11.3. The van der Waals surface area contributed by atoms with Crippen LogP contribution in [-0.2, 0) is 6.54 Å². The lowest BCUT2D eigenvalue weighted by Gasteiger charge is -2.08. The van der Waals surface area contributed by atoms with Crippen molar-refractivity contribution in [3.63, 3.8) is 0 Å². The van der Waals surface area contributed by atoms with Crippen molar-refractivity contribution in [1.82, 2.24) is 5.32 Å². The van der Waals surface area contributed by atoms with Crippen molar-refractivity contribution < 1.29 is 4.39 Å². The number of rotatable bonds is 5. The fourth-order valence-electron chi connectivity index (χ4n) is 1.29. The molecular weight excluding hydrogens is 257 g/mol. The fraction of sp³-hybridized carbons (Fsp3) is 0.500. The van der Waals surface area contributed by atoms with Gasteiger partial charge in [0, 0.05) is 16.6 Å². The third-order valence-electron chi connectivity index (χ3n) is 2.22. The highest BCUT2D eigenvalue weighted by molar-refractivity contribution is 9.10. The van der Waals surface area contributed by atoms with Crippen LogP contribution in [0.5, 0.6) is 0 Å². The number of hydrogen-bond acceptors (Lipinski definition) is 1. The minimum Gasteiger partial charge on any atom is -0.313 e. The smallest absolute Gasteiger partial charge is 0.127 e. The normalized spacial score (nSPS) is 11.0. The third kappa shape index (κ3) is 4.76. The Morgan fingerprint density at radius 1 is 1.40 bits per heavy atom. The van der Waals surface area contributed by atoms with Crippen LogP contribution in [0.1, 0.15) is 25.8 Å². The Kier molecular flexibility index (Phi) is 5.26. The summed E-state index contributed by atoms with van der Waals surface area (Å²) in [6.45, 7) is 5.89. The number of nitrogens with one attached hydrogen (secondary N) is 1. The van der Waals surface area contributed by atoms with E-state index in [0.717, 1.165) is 17.4 Å². The molecule has 0 spiro atoms. The largest absolute Gasteiger partial charge is 0.313 e. The number of benzene rings is 1. The van der Waals surface area contributed by atoms with Gasteiger partial charge < -0.3 is 5.32 Å². The van der Waals surface area contributed by atoms with Crippen molar-refractivity contribution >= 4 is 15.9 Å². The van der Waals surface area contributed by atoms with Gasteiger partial charge in [0.2, 0.25) is 0 Å². The molecule has 1 N–H and O–H groups in total. The molecule has 0 aromatic heterocycles. The predicted octanol–water partition coefficient (Wildman–Crippen LogP) is 3.72. The van der Waals surface area contributed by atoms with Crippen molar-refractivity contribution in [2.75, 3.05) is 6.54 Å². The van der Waals surface area contributed by atoms with Crippen LogP contribution in [0, 0.1) is 11.7 Å². The second-order valence-electron chi connectivity index (χ2n) is 4.10. The molecule has 0 fully saturated rings. The molecule has 1 rings (SSSR count). The lowest BCUT2D eigenvalue weighted by Crippen LogP contribution is -2.17. The van der Waals surface area contributed by atoms with E-state index in [1.165, 1.54) is 6.07 Å². The summed E-state index contributed by atoms with van der Waals surface area (Å²) in [5, 5.41) is 3.24. The molecule has 0 aliphatic carbocycles. The molecule has 0 radical (unpaired) electrons. The van der Waals surface area contributed by atoms with Gasteiger partial charge in [0.05, 0.1) is 0 Å². The summed E-state index contributed by atoms with van der Waals surface area (Å²) in [4.78, 5) is 0. The first-order valence-corrected chi connectivity index (χ1v) is 6.03. The maximum atomic E-state index is 13.3. The van der Waals surface area contributed by atoms with Crippen LogP contribution in [0.4, 0.5) is 4.39 Å². The Labute approximate surface area is 99.2 Å². The molecule has 1 nitrogen and oxygen atoms in total. The molecule has 84 valence electrons. The van der Waals surface area contributed by atoms with Crippen molar-refractivity contribution in [2.24, 2.45) is 5.92 Å². The molecule has 3 heteroatoms. The first-order chi connectivity index (χ1) is 7.09. The maximum Gasteiger partial charge on any atom is 0.127 e. The van der Waals surface area contributed by atoms with E-state index in [4.69, 9.17) is 0 Å². The summed E-state index contributed by atoms with van der Waals surface area (Å²) in [7, 11) is 0. The highest BCUT2D eigenvalue weighted by atomic mass is 79.9.